The normalized spacial score (nSPS) is 11.6. The maximum absolute atomic E-state index is 12.5. The van der Waals surface area contributed by atoms with E-state index in [0.717, 1.165) is 42.4 Å². The van der Waals surface area contributed by atoms with Gasteiger partial charge in [-0.1, -0.05) is 106 Å². The van der Waals surface area contributed by atoms with E-state index in [1.54, 1.807) is 23.5 Å². The summed E-state index contributed by atoms with van der Waals surface area (Å²) in [4.78, 5) is 29.3. The van der Waals surface area contributed by atoms with Crippen molar-refractivity contribution in [1.29, 1.82) is 0 Å². The molecule has 0 spiro atoms. The van der Waals surface area contributed by atoms with Crippen LogP contribution in [0.15, 0.2) is 108 Å². The van der Waals surface area contributed by atoms with Crippen LogP contribution in [0.1, 0.15) is 33.9 Å². The average Bonchev–Trinajstić information content (AvgIpc) is 3.41. The molecule has 0 aliphatic carbocycles. The van der Waals surface area contributed by atoms with Crippen LogP contribution in [0.4, 0.5) is 5.13 Å². The molecule has 9 heteroatoms. The summed E-state index contributed by atoms with van der Waals surface area (Å²) in [5.74, 6) is -1.27. The lowest BCUT2D eigenvalue weighted by Gasteiger charge is -2.20. The smallest absolute Gasteiger partial charge is 0.305 e. The van der Waals surface area contributed by atoms with Crippen molar-refractivity contribution < 1.29 is 14.7 Å². The Kier molecular flexibility index (Phi) is 9.14. The van der Waals surface area contributed by atoms with Gasteiger partial charge in [-0.25, -0.2) is 4.98 Å². The van der Waals surface area contributed by atoms with Gasteiger partial charge in [0.25, 0.3) is 5.91 Å². The number of hydrogen-bond donors (Lipinski definition) is 3. The summed E-state index contributed by atoms with van der Waals surface area (Å²) in [6, 6.07) is 32.9. The van der Waals surface area contributed by atoms with Gasteiger partial charge < -0.3 is 15.7 Å². The molecule has 0 saturated heterocycles. The summed E-state index contributed by atoms with van der Waals surface area (Å²) < 4.78 is 0.971. The topological polar surface area (TPSA) is 91.3 Å². The highest BCUT2D eigenvalue weighted by Crippen LogP contribution is 2.41. The quantitative estimate of drug-likeness (QED) is 0.142. The largest absolute Gasteiger partial charge is 0.481 e. The van der Waals surface area contributed by atoms with Crippen molar-refractivity contribution in [1.82, 2.24) is 10.3 Å². The number of rotatable bonds is 10. The highest BCUT2D eigenvalue weighted by Gasteiger charge is 2.20. The van der Waals surface area contributed by atoms with Gasteiger partial charge >= 0.3 is 5.97 Å². The van der Waals surface area contributed by atoms with E-state index in [0.29, 0.717) is 10.6 Å². The van der Waals surface area contributed by atoms with Crippen LogP contribution in [0.3, 0.4) is 0 Å². The number of anilines is 1. The van der Waals surface area contributed by atoms with Gasteiger partial charge in [0.1, 0.15) is 0 Å². The van der Waals surface area contributed by atoms with Gasteiger partial charge in [-0.15, -0.1) is 0 Å². The fourth-order valence-corrected chi connectivity index (χ4v) is 5.73. The molecule has 206 valence electrons. The molecule has 0 bridgehead atoms. The van der Waals surface area contributed by atoms with Gasteiger partial charge in [-0.05, 0) is 53.1 Å². The van der Waals surface area contributed by atoms with Crippen LogP contribution < -0.4 is 10.6 Å². The highest BCUT2D eigenvalue weighted by atomic mass is 79.9. The average molecular weight is 647 g/mol. The second-order valence-electron chi connectivity index (χ2n) is 9.22. The molecule has 6 nitrogen and oxygen atoms in total. The first kappa shape index (κ1) is 28.5. The molecule has 0 aliphatic heterocycles. The number of benzene rings is 4. The van der Waals surface area contributed by atoms with E-state index < -0.39 is 5.97 Å². The number of carboxylic acid groups (broad SMARTS) is 1. The third kappa shape index (κ3) is 7.21. The van der Waals surface area contributed by atoms with Crippen molar-refractivity contribution >= 4 is 55.9 Å². The van der Waals surface area contributed by atoms with E-state index in [-0.39, 0.29) is 24.9 Å². The Hall–Kier alpha value is -3.98. The van der Waals surface area contributed by atoms with Crippen LogP contribution >= 0.6 is 38.9 Å². The van der Waals surface area contributed by atoms with E-state index >= 15 is 0 Å². The van der Waals surface area contributed by atoms with Gasteiger partial charge in [0, 0.05) is 27.2 Å². The SMILES string of the molecule is O=C(O)CCNC(=O)c1ccc(C(Nc2nc(-c3ccc(Cl)cc3)c(-c3ccccc3)s2)c2ccc(Br)cc2)cc1. The maximum Gasteiger partial charge on any atom is 0.305 e. The van der Waals surface area contributed by atoms with Gasteiger partial charge in [0.15, 0.2) is 5.13 Å². The summed E-state index contributed by atoms with van der Waals surface area (Å²) in [7, 11) is 0. The summed E-state index contributed by atoms with van der Waals surface area (Å²) in [6.45, 7) is 0.0722. The van der Waals surface area contributed by atoms with Gasteiger partial charge in [-0.3, -0.25) is 9.59 Å². The van der Waals surface area contributed by atoms with E-state index in [4.69, 9.17) is 21.7 Å². The number of halogens is 2. The van der Waals surface area contributed by atoms with Crippen LogP contribution in [-0.4, -0.2) is 28.5 Å². The molecule has 0 fully saturated rings. The Labute approximate surface area is 255 Å². The molecule has 3 N–H and O–H groups in total. The van der Waals surface area contributed by atoms with Crippen LogP contribution in [0, 0.1) is 0 Å². The molecule has 5 rings (SSSR count). The minimum atomic E-state index is -0.958. The predicted octanol–water partition coefficient (Wildman–Crippen LogP) is 8.30. The number of aliphatic carboxylic acids is 1. The molecule has 0 saturated carbocycles. The van der Waals surface area contributed by atoms with E-state index in [1.807, 2.05) is 78.9 Å². The number of amides is 1. The molecule has 0 radical (unpaired) electrons. The van der Waals surface area contributed by atoms with Gasteiger partial charge in [0.05, 0.1) is 23.0 Å². The second kappa shape index (κ2) is 13.1. The number of carbonyl (C=O) groups is 2. The van der Waals surface area contributed by atoms with Gasteiger partial charge in [0.2, 0.25) is 0 Å². The van der Waals surface area contributed by atoms with Crippen molar-refractivity contribution in [2.45, 2.75) is 12.5 Å². The lowest BCUT2D eigenvalue weighted by molar-refractivity contribution is -0.136. The van der Waals surface area contributed by atoms with Gasteiger partial charge in [-0.2, -0.15) is 0 Å². The standard InChI is InChI=1S/C32H25BrClN3O3S/c33-25-14-10-21(11-15-25)28(20-6-8-24(9-7-20)31(40)35-19-18-27(38)39)36-32-37-29(22-12-16-26(34)17-13-22)30(41-32)23-4-2-1-3-5-23/h1-17,28H,18-19H2,(H,35,40)(H,36,37)(H,38,39). The number of thiazole rings is 1. The highest BCUT2D eigenvalue weighted by molar-refractivity contribution is 9.10. The second-order valence-corrected chi connectivity index (χ2v) is 11.6. The minimum Gasteiger partial charge on any atom is -0.481 e. The summed E-state index contributed by atoms with van der Waals surface area (Å²) in [5.41, 5.74) is 5.33. The monoisotopic (exact) mass is 645 g/mol. The van der Waals surface area contributed by atoms with Crippen LogP contribution in [0.25, 0.3) is 21.7 Å². The zero-order valence-electron chi connectivity index (χ0n) is 21.7. The molecule has 4 aromatic carbocycles. The first-order chi connectivity index (χ1) is 19.9. The maximum atomic E-state index is 12.5. The van der Waals surface area contributed by atoms with Crippen LogP contribution in [-0.2, 0) is 4.79 Å². The zero-order chi connectivity index (χ0) is 28.8. The molecule has 0 aliphatic rings. The number of aromatic nitrogens is 1. The van der Waals surface area contributed by atoms with Crippen molar-refractivity contribution in [2.75, 3.05) is 11.9 Å². The minimum absolute atomic E-state index is 0.0722. The fourth-order valence-electron chi connectivity index (χ4n) is 4.32. The summed E-state index contributed by atoms with van der Waals surface area (Å²) in [5, 5.41) is 16.5. The Morgan fingerprint density at radius 3 is 2.12 bits per heavy atom. The van der Waals surface area contributed by atoms with Crippen molar-refractivity contribution in [3.05, 3.63) is 129 Å². The Morgan fingerprint density at radius 1 is 0.854 bits per heavy atom. The van der Waals surface area contributed by atoms with Crippen LogP contribution in [0.5, 0.6) is 0 Å². The summed E-state index contributed by atoms with van der Waals surface area (Å²) >= 11 is 11.3. The number of nitrogens with zero attached hydrogens (tertiary/aromatic N) is 1. The Morgan fingerprint density at radius 2 is 1.49 bits per heavy atom. The fraction of sp³-hybridized carbons (Fsp3) is 0.0938. The zero-order valence-corrected chi connectivity index (χ0v) is 24.8. The van der Waals surface area contributed by atoms with Crippen molar-refractivity contribution in [3.63, 3.8) is 0 Å². The number of carboxylic acids is 1. The molecular formula is C32H25BrClN3O3S. The van der Waals surface area contributed by atoms with E-state index in [2.05, 4.69) is 38.7 Å². The predicted molar refractivity (Wildman–Crippen MR) is 169 cm³/mol. The molecule has 1 amide bonds. The molecule has 41 heavy (non-hydrogen) atoms. The number of nitrogens with one attached hydrogen (secondary N) is 2. The molecular weight excluding hydrogens is 622 g/mol. The number of hydrogen-bond acceptors (Lipinski definition) is 5. The van der Waals surface area contributed by atoms with Crippen molar-refractivity contribution in [2.24, 2.45) is 0 Å². The Bertz CT molecular complexity index is 1640. The number of carbonyl (C=O) groups excluding carboxylic acids is 1. The van der Waals surface area contributed by atoms with Crippen molar-refractivity contribution in [3.8, 4) is 21.7 Å². The first-order valence-electron chi connectivity index (χ1n) is 12.8. The lowest BCUT2D eigenvalue weighted by Crippen LogP contribution is -2.26. The molecule has 1 heterocycles. The Balaban J connectivity index is 1.49. The molecule has 1 aromatic heterocycles. The van der Waals surface area contributed by atoms with E-state index in [1.165, 1.54) is 0 Å². The third-order valence-corrected chi connectivity index (χ3v) is 8.20. The van der Waals surface area contributed by atoms with E-state index in [9.17, 15) is 9.59 Å². The van der Waals surface area contributed by atoms with Crippen LogP contribution in [0.2, 0.25) is 5.02 Å². The lowest BCUT2D eigenvalue weighted by atomic mass is 9.97. The summed E-state index contributed by atoms with van der Waals surface area (Å²) in [6.07, 6.45) is -0.129. The first-order valence-corrected chi connectivity index (χ1v) is 14.8. The molecule has 1 unspecified atom stereocenters. The third-order valence-electron chi connectivity index (χ3n) is 6.38. The molecule has 5 aromatic rings. The molecule has 1 atom stereocenters.